The lowest BCUT2D eigenvalue weighted by Crippen LogP contribution is -2.44. The van der Waals surface area contributed by atoms with Crippen LogP contribution in [0.5, 0.6) is 0 Å². The third-order valence-electron chi connectivity index (χ3n) is 5.32. The van der Waals surface area contributed by atoms with Gasteiger partial charge in [0, 0.05) is 49.7 Å². The minimum absolute atomic E-state index is 0.303. The maximum absolute atomic E-state index is 12.5. The molecule has 0 aliphatic carbocycles. The van der Waals surface area contributed by atoms with Gasteiger partial charge in [0.15, 0.2) is 0 Å². The number of carbonyl (C=O) groups is 1. The highest BCUT2D eigenvalue weighted by Crippen LogP contribution is 2.36. The maximum atomic E-state index is 12.5. The van der Waals surface area contributed by atoms with Crippen LogP contribution in [0.3, 0.4) is 0 Å². The van der Waals surface area contributed by atoms with E-state index < -0.39 is 0 Å². The minimum atomic E-state index is 0.303. The second-order valence-corrected chi connectivity index (χ2v) is 7.65. The van der Waals surface area contributed by atoms with E-state index in [-0.39, 0.29) is 0 Å². The molecule has 6 heteroatoms. The van der Waals surface area contributed by atoms with Crippen molar-refractivity contribution >= 4 is 17.2 Å². The average Bonchev–Trinajstić information content (AvgIpc) is 3.19. The van der Waals surface area contributed by atoms with Crippen molar-refractivity contribution in [2.75, 3.05) is 19.8 Å². The van der Waals surface area contributed by atoms with Gasteiger partial charge in [-0.2, -0.15) is 0 Å². The largest absolute Gasteiger partial charge is 0.381 e. The molecule has 0 radical (unpaired) electrons. The Morgan fingerprint density at radius 2 is 2.14 bits per heavy atom. The molecule has 3 fully saturated rings. The zero-order valence-corrected chi connectivity index (χ0v) is 13.8. The molecule has 120 valence electrons. The van der Waals surface area contributed by atoms with Crippen LogP contribution in [0.4, 0.5) is 0 Å². The van der Waals surface area contributed by atoms with E-state index in [4.69, 9.17) is 4.74 Å². The number of hydrogen-bond acceptors (Lipinski definition) is 5. The summed E-state index contributed by atoms with van der Waals surface area (Å²) in [6, 6.07) is 1.41. The number of ether oxygens (including phenoxy) is 1. The molecule has 0 saturated carbocycles. The highest BCUT2D eigenvalue weighted by atomic mass is 32.1. The number of fused-ring (bicyclic) bond motifs is 1. The molecule has 0 aromatic carbocycles. The first-order valence-corrected chi connectivity index (χ1v) is 9.14. The van der Waals surface area contributed by atoms with Crippen LogP contribution in [0.1, 0.15) is 36.4 Å². The lowest BCUT2D eigenvalue weighted by molar-refractivity contribution is -0.129. The van der Waals surface area contributed by atoms with E-state index in [1.807, 2.05) is 6.92 Å². The van der Waals surface area contributed by atoms with E-state index in [9.17, 15) is 4.79 Å². The normalized spacial score (nSPS) is 30.2. The number of carbonyl (C=O) groups excluding carboxylic acids is 1. The number of likely N-dealkylation sites (tertiary alicyclic amines) is 2. The number of hydrogen-bond donors (Lipinski definition) is 0. The van der Waals surface area contributed by atoms with E-state index in [2.05, 4.69) is 20.2 Å². The van der Waals surface area contributed by atoms with Crippen LogP contribution in [-0.4, -0.2) is 58.6 Å². The van der Waals surface area contributed by atoms with Gasteiger partial charge in [0.25, 0.3) is 0 Å². The molecule has 5 nitrogen and oxygen atoms in total. The van der Waals surface area contributed by atoms with E-state index in [0.717, 1.165) is 49.7 Å². The number of nitrogens with zero attached hydrogens (tertiary/aromatic N) is 3. The summed E-state index contributed by atoms with van der Waals surface area (Å²) in [5, 5.41) is 3.16. The number of amides is 1. The molecule has 0 N–H and O–H groups in total. The number of rotatable bonds is 3. The lowest BCUT2D eigenvalue weighted by atomic mass is 10.0. The third-order valence-corrected chi connectivity index (χ3v) is 6.14. The topological polar surface area (TPSA) is 45.7 Å². The Morgan fingerprint density at radius 3 is 2.86 bits per heavy atom. The number of aryl methyl sites for hydroxylation is 1. The Labute approximate surface area is 135 Å². The van der Waals surface area contributed by atoms with Crippen molar-refractivity contribution in [3.05, 3.63) is 16.1 Å². The first-order valence-electron chi connectivity index (χ1n) is 8.26. The Kier molecular flexibility index (Phi) is 3.92. The first-order chi connectivity index (χ1) is 10.7. The fourth-order valence-electron chi connectivity index (χ4n) is 4.29. The van der Waals surface area contributed by atoms with Crippen LogP contribution in [0.25, 0.3) is 0 Å². The summed E-state index contributed by atoms with van der Waals surface area (Å²) < 4.78 is 5.48. The Balaban J connectivity index is 1.47. The summed E-state index contributed by atoms with van der Waals surface area (Å²) in [5.74, 6) is 0.303. The SMILES string of the molecule is Cc1nc(CN2C(=O)C[C@H]3[C@H]2CCN3C2CCOCC2)cs1. The molecule has 4 heterocycles. The average molecular weight is 321 g/mol. The molecule has 1 aromatic heterocycles. The molecule has 4 rings (SSSR count). The van der Waals surface area contributed by atoms with Gasteiger partial charge in [-0.25, -0.2) is 4.98 Å². The van der Waals surface area contributed by atoms with Crippen LogP contribution in [-0.2, 0) is 16.1 Å². The molecule has 3 saturated heterocycles. The molecule has 0 spiro atoms. The lowest BCUT2D eigenvalue weighted by Gasteiger charge is -2.34. The molecule has 2 atom stereocenters. The van der Waals surface area contributed by atoms with Gasteiger partial charge >= 0.3 is 0 Å². The van der Waals surface area contributed by atoms with E-state index in [0.29, 0.717) is 37.0 Å². The molecule has 22 heavy (non-hydrogen) atoms. The zero-order chi connectivity index (χ0) is 15.1. The highest BCUT2D eigenvalue weighted by molar-refractivity contribution is 7.09. The van der Waals surface area contributed by atoms with Crippen LogP contribution in [0.15, 0.2) is 5.38 Å². The van der Waals surface area contributed by atoms with Crippen molar-refractivity contribution in [1.29, 1.82) is 0 Å². The quantitative estimate of drug-likeness (QED) is 0.852. The number of thiazole rings is 1. The van der Waals surface area contributed by atoms with E-state index in [1.54, 1.807) is 11.3 Å². The van der Waals surface area contributed by atoms with Crippen LogP contribution in [0.2, 0.25) is 0 Å². The van der Waals surface area contributed by atoms with Crippen LogP contribution < -0.4 is 0 Å². The molecule has 3 aliphatic heterocycles. The Hall–Kier alpha value is -0.980. The summed E-state index contributed by atoms with van der Waals surface area (Å²) in [6.07, 6.45) is 4.02. The predicted octanol–water partition coefficient (Wildman–Crippen LogP) is 1.81. The van der Waals surface area contributed by atoms with Gasteiger partial charge in [-0.05, 0) is 26.2 Å². The fraction of sp³-hybridized carbons (Fsp3) is 0.750. The van der Waals surface area contributed by atoms with E-state index >= 15 is 0 Å². The van der Waals surface area contributed by atoms with Gasteiger partial charge in [0.2, 0.25) is 5.91 Å². The smallest absolute Gasteiger partial charge is 0.224 e. The van der Waals surface area contributed by atoms with Crippen molar-refractivity contribution in [2.24, 2.45) is 0 Å². The van der Waals surface area contributed by atoms with Crippen LogP contribution >= 0.6 is 11.3 Å². The van der Waals surface area contributed by atoms with Gasteiger partial charge in [0.1, 0.15) is 0 Å². The third kappa shape index (κ3) is 2.57. The second-order valence-electron chi connectivity index (χ2n) is 6.59. The Morgan fingerprint density at radius 1 is 1.32 bits per heavy atom. The van der Waals surface area contributed by atoms with Crippen molar-refractivity contribution in [3.63, 3.8) is 0 Å². The molecule has 1 amide bonds. The fourth-order valence-corrected chi connectivity index (χ4v) is 4.89. The van der Waals surface area contributed by atoms with E-state index in [1.165, 1.54) is 0 Å². The van der Waals surface area contributed by atoms with Gasteiger partial charge in [-0.15, -0.1) is 11.3 Å². The summed E-state index contributed by atoms with van der Waals surface area (Å²) in [6.45, 7) is 5.57. The van der Waals surface area contributed by atoms with Crippen molar-refractivity contribution < 1.29 is 9.53 Å². The second kappa shape index (κ2) is 5.91. The van der Waals surface area contributed by atoms with Crippen molar-refractivity contribution in [3.8, 4) is 0 Å². The van der Waals surface area contributed by atoms with Crippen molar-refractivity contribution in [1.82, 2.24) is 14.8 Å². The number of aromatic nitrogens is 1. The zero-order valence-electron chi connectivity index (χ0n) is 13.0. The molecular weight excluding hydrogens is 298 g/mol. The summed E-state index contributed by atoms with van der Waals surface area (Å²) in [5.41, 5.74) is 1.04. The standard InChI is InChI=1S/C16H23N3O2S/c1-11-17-12(10-22-11)9-19-14-2-5-18(15(14)8-16(19)20)13-3-6-21-7-4-13/h10,13-15H,2-9H2,1H3/t14-,15+/m1/s1. The molecule has 0 unspecified atom stereocenters. The minimum Gasteiger partial charge on any atom is -0.381 e. The Bertz CT molecular complexity index is 555. The highest BCUT2D eigenvalue weighted by Gasteiger charge is 2.48. The van der Waals surface area contributed by atoms with Crippen LogP contribution in [0, 0.1) is 6.92 Å². The summed E-state index contributed by atoms with van der Waals surface area (Å²) >= 11 is 1.66. The molecule has 3 aliphatic rings. The molecule has 1 aromatic rings. The molecule has 0 bridgehead atoms. The first kappa shape index (κ1) is 14.6. The van der Waals surface area contributed by atoms with Gasteiger partial charge in [0.05, 0.1) is 17.2 Å². The van der Waals surface area contributed by atoms with Gasteiger partial charge < -0.3 is 9.64 Å². The summed E-state index contributed by atoms with van der Waals surface area (Å²) in [4.78, 5) is 21.7. The predicted molar refractivity (Wildman–Crippen MR) is 84.8 cm³/mol. The monoisotopic (exact) mass is 321 g/mol. The summed E-state index contributed by atoms with van der Waals surface area (Å²) in [7, 11) is 0. The maximum Gasteiger partial charge on any atom is 0.224 e. The molecular formula is C16H23N3O2S. The van der Waals surface area contributed by atoms with Gasteiger partial charge in [-0.1, -0.05) is 0 Å². The van der Waals surface area contributed by atoms with Gasteiger partial charge in [-0.3, -0.25) is 9.69 Å². The van der Waals surface area contributed by atoms with Crippen molar-refractivity contribution in [2.45, 2.75) is 57.3 Å².